The van der Waals surface area contributed by atoms with Crippen molar-refractivity contribution in [3.8, 4) is 0 Å². The lowest BCUT2D eigenvalue weighted by Gasteiger charge is -2.52. The maximum absolute atomic E-state index is 12.5. The summed E-state index contributed by atoms with van der Waals surface area (Å²) in [7, 11) is -23.9. The highest BCUT2D eigenvalue weighted by molar-refractivity contribution is 7.82. The van der Waals surface area contributed by atoms with Crippen LogP contribution in [0.3, 0.4) is 0 Å². The molecule has 1 unspecified atom stereocenters. The Morgan fingerprint density at radius 3 is 0.336 bits per heavy atom. The number of hydrogen-bond donors (Lipinski definition) is 7. The van der Waals surface area contributed by atoms with Gasteiger partial charge in [0, 0.05) is 99.5 Å². The summed E-state index contributed by atoms with van der Waals surface area (Å²) in [5.74, 6) is 0. The number of hydrogen-bond acceptors (Lipinski definition) is 49. The Kier molecular flexibility index (Phi) is 37.7. The summed E-state index contributed by atoms with van der Waals surface area (Å²) >= 11 is 0. The molecule has 21 rings (SSSR count). The summed E-state index contributed by atoms with van der Waals surface area (Å²) in [5.41, 5.74) is 0. The van der Waals surface area contributed by atoms with Gasteiger partial charge < -0.3 is 133 Å². The number of methoxy groups -OCH3 is 14. The van der Waals surface area contributed by atoms with Crippen LogP contribution in [0.4, 0.5) is 0 Å². The molecule has 63 heteroatoms. The summed E-state index contributed by atoms with van der Waals surface area (Å²) in [6.07, 6.45) is -66.4. The van der Waals surface area contributed by atoms with Crippen LogP contribution in [-0.4, -0.2) is 452 Å². The minimum Gasteiger partial charge on any atom is -0.376 e. The molecule has 0 aromatic rings. The lowest BCUT2D eigenvalue weighted by molar-refractivity contribution is -0.401. The molecule has 35 atom stereocenters. The van der Waals surface area contributed by atoms with Crippen molar-refractivity contribution in [3.63, 3.8) is 0 Å². The van der Waals surface area contributed by atoms with Crippen LogP contribution in [0.15, 0.2) is 0 Å². The Hall–Kier alpha value is -2.03. The zero-order chi connectivity index (χ0) is 88.4. The predicted octanol–water partition coefficient (Wildman–Crippen LogP) is -7.28. The first-order chi connectivity index (χ1) is 55.7. The van der Waals surface area contributed by atoms with E-state index in [-0.39, 0.29) is 0 Å². The Morgan fingerprint density at radius 2 is 0.261 bits per heavy atom. The molecule has 21 heterocycles. The smallest absolute Gasteiger partial charge is 0.376 e. The van der Waals surface area contributed by atoms with E-state index >= 15 is 0 Å². The van der Waals surface area contributed by atoms with Gasteiger partial charge in [0.1, 0.15) is 171 Å². The van der Waals surface area contributed by atoms with Crippen molar-refractivity contribution < 1.29 is 253 Å². The van der Waals surface area contributed by atoms with Gasteiger partial charge >= 0.3 is 72.8 Å². The first kappa shape index (κ1) is 102. The van der Waals surface area contributed by atoms with Crippen molar-refractivity contribution >= 4 is 72.8 Å². The molecule has 700 valence electrons. The van der Waals surface area contributed by atoms with E-state index in [1.165, 1.54) is 0 Å². The van der Waals surface area contributed by atoms with Crippen molar-refractivity contribution in [2.75, 3.05) is 146 Å². The predicted molar refractivity (Wildman–Crippen MR) is 368 cm³/mol. The topological polar surface area (TPSA) is 704 Å². The van der Waals surface area contributed by atoms with Gasteiger partial charge in [-0.2, -0.15) is 58.9 Å². The Bertz CT molecular complexity index is 3280. The third kappa shape index (κ3) is 27.1. The largest absolute Gasteiger partial charge is 0.397 e. The van der Waals surface area contributed by atoms with Crippen LogP contribution in [0, 0.1) is 0 Å². The average molecular weight is 1890 g/mol. The third-order valence-corrected chi connectivity index (χ3v) is 22.7. The minimum atomic E-state index is -5.50. The van der Waals surface area contributed by atoms with Crippen LogP contribution in [-0.2, 0) is 235 Å². The summed E-state index contributed by atoms with van der Waals surface area (Å²) in [4.78, 5) is 0. The van der Waals surface area contributed by atoms with E-state index in [9.17, 15) is 90.8 Å². The molecule has 0 radical (unpaired) electrons. The molecule has 0 saturated carbocycles. The van der Waals surface area contributed by atoms with E-state index in [2.05, 4.69) is 0 Å². The summed E-state index contributed by atoms with van der Waals surface area (Å²) in [6.45, 7) is -9.08. The highest BCUT2D eigenvalue weighted by Crippen LogP contribution is 2.44. The Morgan fingerprint density at radius 1 is 0.168 bits per heavy atom. The molecule has 56 nitrogen and oxygen atoms in total. The molecular formula is C56H98O56S7. The standard InChI is InChI=1S/C56H98O56S7/c1-78-36-29-22(15-92-113(57,58)59)99-50(43(36)85-8)107-30-23(16-93-114(60,61)62)101-52(45(87-10)37(30)79-2)109-32-25(18-95-116(66,67)68)103-54(47(89-12)39(32)81-4)111-34-27(20-97-118(72,73)74)105-56(49(91-14)41(34)83-6)112-35-28(21-98-119(75,76)77)104-55(48(90-13)42(35)84-7)110-33-26(19-96-117(69,70)71)102-53(46(88-11)40(33)82-5)108-31-24(17-94-115(63,64)65)100-51(106-29)44(86-9)38(31)80-3/h22-56H,15-21H2,1-14H3,(H,57,58,59)(H,60,61,62)(H,63,64,65)(H,66,67,68)(H,69,70,71)(H,72,73,74)(H,75,76,77)/t22-,23-,24-,25-,26-,27-,28-,29-,30-,31-,32-,33-,34-,35-,36+,37+,38+,39+,40+,41+,42+,43-,44-,45-,46-,47-,48-,49-,50-,51-,52-,53-,54-,55-,56?/m1/s1. The fraction of sp³-hybridized carbons (Fsp3) is 1.00. The molecule has 21 aliphatic rings. The van der Waals surface area contributed by atoms with Gasteiger partial charge in [-0.3, -0.25) is 31.9 Å². The minimum absolute atomic E-state index is 1.04. The molecule has 21 saturated heterocycles. The third-order valence-electron chi connectivity index (χ3n) is 19.7. The van der Waals surface area contributed by atoms with Crippen LogP contribution in [0.2, 0.25) is 0 Å². The molecule has 7 N–H and O–H groups in total. The van der Waals surface area contributed by atoms with E-state index in [1.54, 1.807) is 0 Å². The molecule has 119 heavy (non-hydrogen) atoms. The zero-order valence-corrected chi connectivity index (χ0v) is 70.9. The molecule has 14 bridgehead atoms. The van der Waals surface area contributed by atoms with Crippen LogP contribution in [0.1, 0.15) is 0 Å². The van der Waals surface area contributed by atoms with Crippen molar-refractivity contribution in [1.29, 1.82) is 0 Å². The van der Waals surface area contributed by atoms with Gasteiger partial charge in [0.25, 0.3) is 0 Å². The van der Waals surface area contributed by atoms with Crippen molar-refractivity contribution in [3.05, 3.63) is 0 Å². The van der Waals surface area contributed by atoms with Crippen LogP contribution < -0.4 is 0 Å². The Balaban J connectivity index is 1.35. The SMILES string of the molecule is CO[C@@H]1[C@@H](OC)[C@H]2O[C@H]3[C@H](OC)[C@@H](OC)[C@@H](O[C@H]4[C@H](OC)[C@@H](OC)[C@@H](O[C@H]5[C@H](OC)[C@@H](OC)[C@@H](O[C@H]6[C@H](OC)[C@@H](OC)[C@@H](O[C@H]7[C@H](OC)[C@@H](OC)[C@@H](O[C@H]8[C@H](OC)[C@@H](OC)C(O[C@@H]1[C@@H](COS(=O)(=O)O)O2)O[C@@H]8COS(=O)(=O)O)O[C@@H]7COS(=O)(=O)O)O[C@@H]6COS(=O)(=O)O)O[C@@H]5COS(=O)(=O)O)O[C@@H]4COS(=O)(=O)O)O[C@@H]3COS(=O)(=O)O. The van der Waals surface area contributed by atoms with Crippen molar-refractivity contribution in [2.24, 2.45) is 0 Å². The van der Waals surface area contributed by atoms with E-state index < -0.39 is 334 Å². The second-order valence-corrected chi connectivity index (χ2v) is 33.9. The quantitative estimate of drug-likeness (QED) is 0.0290. The average Bonchev–Trinajstić information content (AvgIpc) is 0.798. The fourth-order valence-electron chi connectivity index (χ4n) is 14.8. The summed E-state index contributed by atoms with van der Waals surface area (Å²) in [5, 5.41) is 0. The highest BCUT2D eigenvalue weighted by Gasteiger charge is 2.63. The van der Waals surface area contributed by atoms with Gasteiger partial charge in [-0.1, -0.05) is 0 Å². The molecule has 21 aliphatic heterocycles. The van der Waals surface area contributed by atoms with Crippen molar-refractivity contribution in [2.45, 2.75) is 215 Å². The first-order valence-electron chi connectivity index (χ1n) is 34.6. The fourth-order valence-corrected chi connectivity index (χ4v) is 16.9. The molecule has 0 aromatic carbocycles. The van der Waals surface area contributed by atoms with Crippen LogP contribution >= 0.6 is 0 Å². The normalized spacial score (nSPS) is 41.0. The molecule has 0 spiro atoms. The maximum atomic E-state index is 12.5. The Labute approximate surface area is 683 Å². The van der Waals surface area contributed by atoms with E-state index in [0.717, 1.165) is 99.5 Å². The number of rotatable bonds is 35. The number of ether oxygens (including phenoxy) is 28. The second kappa shape index (κ2) is 43.9. The van der Waals surface area contributed by atoms with E-state index in [4.69, 9.17) is 162 Å². The second-order valence-electron chi connectivity index (χ2n) is 26.3. The van der Waals surface area contributed by atoms with Gasteiger partial charge in [-0.05, 0) is 0 Å². The molecule has 0 aromatic heterocycles. The van der Waals surface area contributed by atoms with E-state index in [1.807, 2.05) is 0 Å². The lowest BCUT2D eigenvalue weighted by Crippen LogP contribution is -2.69. The maximum Gasteiger partial charge on any atom is 0.397 e. The molecule has 0 aliphatic carbocycles. The van der Waals surface area contributed by atoms with Gasteiger partial charge in [-0.15, -0.1) is 0 Å². The van der Waals surface area contributed by atoms with Gasteiger partial charge in [0.2, 0.25) is 0 Å². The van der Waals surface area contributed by atoms with Gasteiger partial charge in [0.05, 0.1) is 46.2 Å². The van der Waals surface area contributed by atoms with Gasteiger partial charge in [-0.25, -0.2) is 29.3 Å². The van der Waals surface area contributed by atoms with E-state index in [0.29, 0.717) is 0 Å². The van der Waals surface area contributed by atoms with Gasteiger partial charge in [0.15, 0.2) is 44.0 Å². The first-order valence-corrected chi connectivity index (χ1v) is 44.2. The van der Waals surface area contributed by atoms with Crippen molar-refractivity contribution in [1.82, 2.24) is 0 Å². The van der Waals surface area contributed by atoms with Crippen LogP contribution in [0.5, 0.6) is 0 Å². The lowest BCUT2D eigenvalue weighted by atomic mass is 9.94. The molecule has 0 amide bonds. The molecule has 21 fully saturated rings. The molecular weight excluding hydrogens is 1790 g/mol. The highest BCUT2D eigenvalue weighted by atomic mass is 32.3. The summed E-state index contributed by atoms with van der Waals surface area (Å²) < 4.78 is 453. The van der Waals surface area contributed by atoms with Crippen LogP contribution in [0.25, 0.3) is 0 Å². The zero-order valence-electron chi connectivity index (χ0n) is 65.1. The monoisotopic (exact) mass is 1890 g/mol. The summed E-state index contributed by atoms with van der Waals surface area (Å²) in [6, 6.07) is 0.